The molecule has 0 saturated heterocycles. The molecule has 0 aliphatic heterocycles. The second kappa shape index (κ2) is 6.69. The first kappa shape index (κ1) is 14.8. The first-order chi connectivity index (χ1) is 10.2. The summed E-state index contributed by atoms with van der Waals surface area (Å²) in [5.74, 6) is 1.67. The molecule has 6 nitrogen and oxygen atoms in total. The van der Waals surface area contributed by atoms with Crippen molar-refractivity contribution in [2.24, 2.45) is 0 Å². The van der Waals surface area contributed by atoms with E-state index in [-0.39, 0.29) is 5.76 Å². The molecular formula is C15H17NO5. The normalized spacial score (nSPS) is 10.0. The molecule has 0 aliphatic rings. The summed E-state index contributed by atoms with van der Waals surface area (Å²) in [7, 11) is 4.49. The van der Waals surface area contributed by atoms with Gasteiger partial charge in [0.1, 0.15) is 17.3 Å². The first-order valence-corrected chi connectivity index (χ1v) is 6.31. The number of hydrogen-bond donors (Lipinski definition) is 1. The van der Waals surface area contributed by atoms with E-state index >= 15 is 0 Å². The molecule has 0 atom stereocenters. The molecule has 0 radical (unpaired) electrons. The summed E-state index contributed by atoms with van der Waals surface area (Å²) in [6.07, 6.45) is 0. The zero-order valence-electron chi connectivity index (χ0n) is 12.1. The van der Waals surface area contributed by atoms with Crippen LogP contribution in [0.4, 0.5) is 5.69 Å². The van der Waals surface area contributed by atoms with Gasteiger partial charge in [-0.05, 0) is 24.3 Å². The van der Waals surface area contributed by atoms with E-state index in [0.29, 0.717) is 23.8 Å². The smallest absolute Gasteiger partial charge is 0.373 e. The molecule has 0 fully saturated rings. The maximum Gasteiger partial charge on any atom is 0.373 e. The van der Waals surface area contributed by atoms with Crippen molar-refractivity contribution in [3.63, 3.8) is 0 Å². The Bertz CT molecular complexity index is 620. The van der Waals surface area contributed by atoms with E-state index in [1.807, 2.05) is 12.1 Å². The van der Waals surface area contributed by atoms with E-state index < -0.39 is 5.97 Å². The topological polar surface area (TPSA) is 69.9 Å². The predicted molar refractivity (Wildman–Crippen MR) is 76.9 cm³/mol. The van der Waals surface area contributed by atoms with Crippen LogP contribution in [0.5, 0.6) is 11.5 Å². The fourth-order valence-electron chi connectivity index (χ4n) is 1.81. The minimum atomic E-state index is -0.497. The second-order valence-electron chi connectivity index (χ2n) is 4.18. The van der Waals surface area contributed by atoms with Crippen molar-refractivity contribution in [1.82, 2.24) is 0 Å². The van der Waals surface area contributed by atoms with Crippen molar-refractivity contribution in [2.45, 2.75) is 6.54 Å². The number of ether oxygens (including phenoxy) is 3. The van der Waals surface area contributed by atoms with Gasteiger partial charge in [-0.2, -0.15) is 0 Å². The van der Waals surface area contributed by atoms with Gasteiger partial charge in [-0.3, -0.25) is 0 Å². The number of rotatable bonds is 6. The summed E-state index contributed by atoms with van der Waals surface area (Å²) in [6, 6.07) is 8.75. The van der Waals surface area contributed by atoms with Crippen molar-refractivity contribution >= 4 is 11.7 Å². The Kier molecular flexibility index (Phi) is 4.71. The predicted octanol–water partition coefficient (Wildman–Crippen LogP) is 2.70. The minimum Gasteiger partial charge on any atom is -0.497 e. The number of carbonyl (C=O) groups is 1. The third kappa shape index (κ3) is 3.47. The highest BCUT2D eigenvalue weighted by Gasteiger charge is 2.11. The molecule has 1 aromatic carbocycles. The highest BCUT2D eigenvalue weighted by molar-refractivity contribution is 5.86. The zero-order valence-corrected chi connectivity index (χ0v) is 12.1. The first-order valence-electron chi connectivity index (χ1n) is 6.31. The molecule has 0 saturated carbocycles. The standard InChI is InChI=1S/C15H17NO5/c1-18-10-4-6-12(14(8-10)19-2)16-9-11-5-7-13(21-11)15(17)20-3/h4-8,16H,9H2,1-3H3. The molecule has 112 valence electrons. The van der Waals surface area contributed by atoms with Crippen molar-refractivity contribution in [3.8, 4) is 11.5 Å². The van der Waals surface area contributed by atoms with Crippen molar-refractivity contribution in [3.05, 3.63) is 41.9 Å². The Morgan fingerprint density at radius 3 is 2.62 bits per heavy atom. The Morgan fingerprint density at radius 2 is 1.95 bits per heavy atom. The molecule has 0 bridgehead atoms. The highest BCUT2D eigenvalue weighted by atomic mass is 16.5. The van der Waals surface area contributed by atoms with Crippen LogP contribution in [0.3, 0.4) is 0 Å². The molecule has 1 N–H and O–H groups in total. The van der Waals surface area contributed by atoms with E-state index in [9.17, 15) is 4.79 Å². The van der Waals surface area contributed by atoms with Gasteiger partial charge in [0.15, 0.2) is 0 Å². The number of nitrogens with one attached hydrogen (secondary N) is 1. The fourth-order valence-corrected chi connectivity index (χ4v) is 1.81. The van der Waals surface area contributed by atoms with Crippen LogP contribution < -0.4 is 14.8 Å². The third-order valence-electron chi connectivity index (χ3n) is 2.91. The lowest BCUT2D eigenvalue weighted by atomic mass is 10.2. The number of furan rings is 1. The molecule has 0 unspecified atom stereocenters. The summed E-state index contributed by atoms with van der Waals surface area (Å²) in [5.41, 5.74) is 0.800. The largest absolute Gasteiger partial charge is 0.497 e. The molecule has 1 aromatic heterocycles. The fraction of sp³-hybridized carbons (Fsp3) is 0.267. The highest BCUT2D eigenvalue weighted by Crippen LogP contribution is 2.29. The number of carbonyl (C=O) groups excluding carboxylic acids is 1. The summed E-state index contributed by atoms with van der Waals surface area (Å²) in [5, 5.41) is 3.18. The molecule has 0 spiro atoms. The van der Waals surface area contributed by atoms with Crippen LogP contribution in [-0.4, -0.2) is 27.3 Å². The Hall–Kier alpha value is -2.63. The average Bonchev–Trinajstić information content (AvgIpc) is 3.00. The quantitative estimate of drug-likeness (QED) is 0.825. The zero-order chi connectivity index (χ0) is 15.2. The van der Waals surface area contributed by atoms with Gasteiger partial charge in [-0.25, -0.2) is 4.79 Å². The summed E-state index contributed by atoms with van der Waals surface area (Å²) in [6.45, 7) is 0.416. The van der Waals surface area contributed by atoms with Gasteiger partial charge < -0.3 is 23.9 Å². The van der Waals surface area contributed by atoms with E-state index in [0.717, 1.165) is 5.69 Å². The average molecular weight is 291 g/mol. The van der Waals surface area contributed by atoms with E-state index in [1.165, 1.54) is 7.11 Å². The molecule has 0 aliphatic carbocycles. The van der Waals surface area contributed by atoms with Gasteiger partial charge in [-0.15, -0.1) is 0 Å². The van der Waals surface area contributed by atoms with Gasteiger partial charge in [-0.1, -0.05) is 0 Å². The van der Waals surface area contributed by atoms with Crippen LogP contribution in [0.2, 0.25) is 0 Å². The molecule has 6 heteroatoms. The third-order valence-corrected chi connectivity index (χ3v) is 2.91. The van der Waals surface area contributed by atoms with Crippen LogP contribution in [0.25, 0.3) is 0 Å². The maximum atomic E-state index is 11.3. The minimum absolute atomic E-state index is 0.177. The number of benzene rings is 1. The monoisotopic (exact) mass is 291 g/mol. The Morgan fingerprint density at radius 1 is 1.14 bits per heavy atom. The van der Waals surface area contributed by atoms with Crippen LogP contribution >= 0.6 is 0 Å². The Labute approximate surface area is 122 Å². The second-order valence-corrected chi connectivity index (χ2v) is 4.18. The number of anilines is 1. The molecule has 1 heterocycles. The molecule has 2 rings (SSSR count). The van der Waals surface area contributed by atoms with E-state index in [1.54, 1.807) is 32.4 Å². The van der Waals surface area contributed by atoms with Gasteiger partial charge in [0.05, 0.1) is 33.6 Å². The van der Waals surface area contributed by atoms with E-state index in [2.05, 4.69) is 10.1 Å². The number of esters is 1. The Balaban J connectivity index is 2.06. The molecule has 2 aromatic rings. The van der Waals surface area contributed by atoms with Crippen molar-refractivity contribution in [2.75, 3.05) is 26.6 Å². The van der Waals surface area contributed by atoms with Gasteiger partial charge in [0.2, 0.25) is 5.76 Å². The molecule has 21 heavy (non-hydrogen) atoms. The SMILES string of the molecule is COC(=O)c1ccc(CNc2ccc(OC)cc2OC)o1. The summed E-state index contributed by atoms with van der Waals surface area (Å²) < 4.78 is 20.4. The molecular weight excluding hydrogens is 274 g/mol. The van der Waals surface area contributed by atoms with Crippen LogP contribution in [-0.2, 0) is 11.3 Å². The van der Waals surface area contributed by atoms with Gasteiger partial charge >= 0.3 is 5.97 Å². The summed E-state index contributed by atoms with van der Waals surface area (Å²) in [4.78, 5) is 11.3. The lowest BCUT2D eigenvalue weighted by Crippen LogP contribution is -2.01. The maximum absolute atomic E-state index is 11.3. The van der Waals surface area contributed by atoms with Crippen LogP contribution in [0.1, 0.15) is 16.3 Å². The number of hydrogen-bond acceptors (Lipinski definition) is 6. The number of methoxy groups -OCH3 is 3. The van der Waals surface area contributed by atoms with Gasteiger partial charge in [0, 0.05) is 6.07 Å². The van der Waals surface area contributed by atoms with E-state index in [4.69, 9.17) is 13.9 Å². The van der Waals surface area contributed by atoms with Gasteiger partial charge in [0.25, 0.3) is 0 Å². The van der Waals surface area contributed by atoms with Crippen molar-refractivity contribution < 1.29 is 23.4 Å². The van der Waals surface area contributed by atoms with Crippen LogP contribution in [0.15, 0.2) is 34.7 Å². The lowest BCUT2D eigenvalue weighted by molar-refractivity contribution is 0.0563. The van der Waals surface area contributed by atoms with Crippen LogP contribution in [0, 0.1) is 0 Å². The summed E-state index contributed by atoms with van der Waals surface area (Å²) >= 11 is 0. The van der Waals surface area contributed by atoms with Crippen molar-refractivity contribution in [1.29, 1.82) is 0 Å². The lowest BCUT2D eigenvalue weighted by Gasteiger charge is -2.11. The molecule has 0 amide bonds.